The molecule has 0 bridgehead atoms. The first-order chi connectivity index (χ1) is 10.8. The molecule has 3 aromatic rings. The van der Waals surface area contributed by atoms with Crippen LogP contribution in [-0.4, -0.2) is 11.9 Å². The number of hydrogen-bond donors (Lipinski definition) is 0. The first kappa shape index (κ1) is 14.4. The van der Waals surface area contributed by atoms with Crippen LogP contribution < -0.4 is 0 Å². The molecule has 3 rings (SSSR count). The van der Waals surface area contributed by atoms with Gasteiger partial charge in [0.05, 0.1) is 6.21 Å². The van der Waals surface area contributed by atoms with Crippen LogP contribution in [0.2, 0.25) is 0 Å². The van der Waals surface area contributed by atoms with Gasteiger partial charge in [0.2, 0.25) is 0 Å². The van der Waals surface area contributed by atoms with Crippen molar-refractivity contribution < 1.29 is 0 Å². The van der Waals surface area contributed by atoms with E-state index < -0.39 is 0 Å². The van der Waals surface area contributed by atoms with Crippen molar-refractivity contribution in [3.05, 3.63) is 93.7 Å². The Morgan fingerprint density at radius 1 is 0.818 bits per heavy atom. The Morgan fingerprint density at radius 3 is 1.91 bits per heavy atom. The lowest BCUT2D eigenvalue weighted by Gasteiger charge is -2.04. The van der Waals surface area contributed by atoms with E-state index in [1.54, 1.807) is 11.3 Å². The summed E-state index contributed by atoms with van der Waals surface area (Å²) in [7, 11) is 0. The summed E-state index contributed by atoms with van der Waals surface area (Å²) in [5.41, 5.74) is 3.01. The predicted octanol–water partition coefficient (Wildman–Crippen LogP) is 4.93. The number of benzene rings is 2. The van der Waals surface area contributed by atoms with Crippen LogP contribution in [0.3, 0.4) is 0 Å². The van der Waals surface area contributed by atoms with Crippen molar-refractivity contribution >= 4 is 23.3 Å². The molecule has 0 aliphatic carbocycles. The number of hydrogen-bond acceptors (Lipinski definition) is 3. The molecule has 0 aliphatic rings. The lowest BCUT2D eigenvalue weighted by molar-refractivity contribution is 1.25. The van der Waals surface area contributed by atoms with Crippen molar-refractivity contribution in [2.75, 3.05) is 0 Å². The second-order valence-corrected chi connectivity index (χ2v) is 6.19. The molecule has 2 nitrogen and oxygen atoms in total. The highest BCUT2D eigenvalue weighted by molar-refractivity contribution is 7.13. The molecule has 2 aromatic carbocycles. The number of thiophene rings is 1. The highest BCUT2D eigenvalue weighted by Crippen LogP contribution is 2.14. The van der Waals surface area contributed by atoms with E-state index >= 15 is 0 Å². The largest absolute Gasteiger partial charge is 0.157 e. The van der Waals surface area contributed by atoms with E-state index in [-0.39, 0.29) is 0 Å². The molecule has 0 unspecified atom stereocenters. The first-order valence-corrected chi connectivity index (χ1v) is 7.93. The van der Waals surface area contributed by atoms with Crippen LogP contribution in [0.15, 0.2) is 83.0 Å². The molecule has 0 fully saturated rings. The van der Waals surface area contributed by atoms with E-state index in [0.29, 0.717) is 0 Å². The van der Waals surface area contributed by atoms with Crippen molar-refractivity contribution in [2.24, 2.45) is 10.2 Å². The molecular formula is C19H16N2S. The minimum Gasteiger partial charge on any atom is -0.157 e. The van der Waals surface area contributed by atoms with Crippen LogP contribution in [-0.2, 0) is 0 Å². The first-order valence-electron chi connectivity index (χ1n) is 7.11. The minimum absolute atomic E-state index is 0.880. The topological polar surface area (TPSA) is 24.7 Å². The molecule has 0 spiro atoms. The van der Waals surface area contributed by atoms with E-state index in [9.17, 15) is 0 Å². The van der Waals surface area contributed by atoms with Crippen LogP contribution in [0.25, 0.3) is 0 Å². The van der Waals surface area contributed by atoms with Gasteiger partial charge in [-0.2, -0.15) is 5.10 Å². The van der Waals surface area contributed by atoms with E-state index in [1.807, 2.05) is 42.6 Å². The Balaban J connectivity index is 1.95. The fraction of sp³-hybridized carbons (Fsp3) is 0.0526. The third-order valence-corrected chi connectivity index (χ3v) is 4.13. The molecule has 1 aromatic heterocycles. The molecule has 108 valence electrons. The Bertz CT molecular complexity index is 745. The van der Waals surface area contributed by atoms with Crippen molar-refractivity contribution in [3.63, 3.8) is 0 Å². The minimum atomic E-state index is 0.880. The second kappa shape index (κ2) is 6.96. The molecule has 0 atom stereocenters. The monoisotopic (exact) mass is 304 g/mol. The highest BCUT2D eigenvalue weighted by atomic mass is 32.1. The van der Waals surface area contributed by atoms with Gasteiger partial charge < -0.3 is 0 Å². The summed E-state index contributed by atoms with van der Waals surface area (Å²) in [5, 5.41) is 8.74. The summed E-state index contributed by atoms with van der Waals surface area (Å²) in [4.78, 5) is 2.39. The molecule has 0 amide bonds. The van der Waals surface area contributed by atoms with Crippen LogP contribution in [0.1, 0.15) is 20.9 Å². The van der Waals surface area contributed by atoms with E-state index in [2.05, 4.69) is 53.5 Å². The van der Waals surface area contributed by atoms with Gasteiger partial charge in [-0.3, -0.25) is 0 Å². The molecule has 22 heavy (non-hydrogen) atoms. The van der Waals surface area contributed by atoms with Crippen molar-refractivity contribution in [2.45, 2.75) is 6.92 Å². The van der Waals surface area contributed by atoms with Crippen LogP contribution in [0, 0.1) is 6.92 Å². The van der Waals surface area contributed by atoms with Gasteiger partial charge in [0.25, 0.3) is 0 Å². The Hall–Kier alpha value is -2.52. The Morgan fingerprint density at radius 2 is 1.41 bits per heavy atom. The summed E-state index contributed by atoms with van der Waals surface area (Å²) >= 11 is 1.71. The van der Waals surface area contributed by atoms with E-state index in [1.165, 1.54) is 4.88 Å². The molecule has 0 radical (unpaired) electrons. The maximum Gasteiger partial charge on any atom is 0.100 e. The van der Waals surface area contributed by atoms with Crippen LogP contribution in [0.4, 0.5) is 0 Å². The average Bonchev–Trinajstić information content (AvgIpc) is 2.99. The van der Waals surface area contributed by atoms with Crippen molar-refractivity contribution in [1.82, 2.24) is 0 Å². The molecule has 0 saturated heterocycles. The van der Waals surface area contributed by atoms with Gasteiger partial charge in [0, 0.05) is 20.9 Å². The zero-order valence-corrected chi connectivity index (χ0v) is 13.1. The summed E-state index contributed by atoms with van der Waals surface area (Å²) in [5.74, 6) is 0. The third kappa shape index (κ3) is 3.57. The smallest absolute Gasteiger partial charge is 0.100 e. The molecule has 1 heterocycles. The lowest BCUT2D eigenvalue weighted by Crippen LogP contribution is -2.02. The summed E-state index contributed by atoms with van der Waals surface area (Å²) in [6, 6.07) is 24.4. The number of nitrogens with zero attached hydrogens (tertiary/aromatic N) is 2. The van der Waals surface area contributed by atoms with Crippen molar-refractivity contribution in [3.8, 4) is 0 Å². The fourth-order valence-corrected chi connectivity index (χ4v) is 2.88. The third-order valence-electron chi connectivity index (χ3n) is 3.20. The second-order valence-electron chi connectivity index (χ2n) is 4.87. The van der Waals surface area contributed by atoms with Crippen LogP contribution >= 0.6 is 11.3 Å². The standard InChI is InChI=1S/C19H16N2S/c1-15-12-13-18(22-15)14-20-21-19(16-8-4-2-5-9-16)17-10-6-3-7-11-17/h2-14H,1H3. The van der Waals surface area contributed by atoms with Gasteiger partial charge in [0.1, 0.15) is 5.71 Å². The lowest BCUT2D eigenvalue weighted by atomic mass is 10.0. The highest BCUT2D eigenvalue weighted by Gasteiger charge is 2.05. The predicted molar refractivity (Wildman–Crippen MR) is 95.2 cm³/mol. The van der Waals surface area contributed by atoms with Crippen molar-refractivity contribution in [1.29, 1.82) is 0 Å². The Kier molecular flexibility index (Phi) is 4.56. The summed E-state index contributed by atoms with van der Waals surface area (Å²) in [6.45, 7) is 2.09. The van der Waals surface area contributed by atoms with Gasteiger partial charge in [-0.05, 0) is 19.1 Å². The zero-order chi connectivity index (χ0) is 15.2. The number of aryl methyl sites for hydroxylation is 1. The Labute approximate surface area is 134 Å². The van der Waals surface area contributed by atoms with Gasteiger partial charge in [-0.15, -0.1) is 16.4 Å². The van der Waals surface area contributed by atoms with Gasteiger partial charge in [0.15, 0.2) is 0 Å². The summed E-state index contributed by atoms with van der Waals surface area (Å²) in [6.07, 6.45) is 1.81. The molecule has 3 heteroatoms. The molecule has 0 N–H and O–H groups in total. The maximum atomic E-state index is 4.46. The fourth-order valence-electron chi connectivity index (χ4n) is 2.14. The van der Waals surface area contributed by atoms with Gasteiger partial charge in [-0.1, -0.05) is 60.7 Å². The van der Waals surface area contributed by atoms with E-state index in [0.717, 1.165) is 21.7 Å². The van der Waals surface area contributed by atoms with Gasteiger partial charge in [-0.25, -0.2) is 0 Å². The molecule has 0 aliphatic heterocycles. The molecular weight excluding hydrogens is 288 g/mol. The maximum absolute atomic E-state index is 4.46. The molecule has 0 saturated carbocycles. The quantitative estimate of drug-likeness (QED) is 0.482. The van der Waals surface area contributed by atoms with Crippen LogP contribution in [0.5, 0.6) is 0 Å². The average molecular weight is 304 g/mol. The normalized spacial score (nSPS) is 10.8. The SMILES string of the molecule is Cc1ccc(C=NN=C(c2ccccc2)c2ccccc2)s1. The van der Waals surface area contributed by atoms with E-state index in [4.69, 9.17) is 0 Å². The number of rotatable bonds is 4. The summed E-state index contributed by atoms with van der Waals surface area (Å²) < 4.78 is 0. The van der Waals surface area contributed by atoms with Gasteiger partial charge >= 0.3 is 0 Å². The zero-order valence-electron chi connectivity index (χ0n) is 12.3.